The summed E-state index contributed by atoms with van der Waals surface area (Å²) in [5.41, 5.74) is 3.43. The molecule has 0 aliphatic carbocycles. The molecule has 2 heterocycles. The third-order valence-electron chi connectivity index (χ3n) is 4.53. The molecule has 22 heavy (non-hydrogen) atoms. The molecular weight excluding hydrogens is 278 g/mol. The molecule has 2 atom stereocenters. The molecule has 0 radical (unpaired) electrons. The summed E-state index contributed by atoms with van der Waals surface area (Å²) < 4.78 is 5.09. The lowest BCUT2D eigenvalue weighted by molar-refractivity contribution is 0.103. The molecule has 0 unspecified atom stereocenters. The van der Waals surface area contributed by atoms with Crippen molar-refractivity contribution in [3.8, 4) is 0 Å². The maximum atomic E-state index is 10.6. The second-order valence-corrected chi connectivity index (χ2v) is 6.18. The average molecular weight is 301 g/mol. The highest BCUT2D eigenvalue weighted by Crippen LogP contribution is 2.32. The van der Waals surface area contributed by atoms with Crippen LogP contribution in [0.25, 0.3) is 0 Å². The molecule has 1 fully saturated rings. The molecule has 0 bridgehead atoms. The third kappa shape index (κ3) is 3.05. The predicted molar refractivity (Wildman–Crippen MR) is 83.5 cm³/mol. The van der Waals surface area contributed by atoms with Crippen LogP contribution in [0, 0.1) is 20.8 Å². The Balaban J connectivity index is 1.72. The molecule has 118 valence electrons. The molecule has 0 saturated carbocycles. The third-order valence-corrected chi connectivity index (χ3v) is 4.53. The van der Waals surface area contributed by atoms with E-state index in [-0.39, 0.29) is 6.04 Å². The Hall–Kier alpha value is -1.72. The minimum absolute atomic E-state index is 0.152. The highest BCUT2D eigenvalue weighted by atomic mass is 16.5. The lowest BCUT2D eigenvalue weighted by Crippen LogP contribution is -2.29. The van der Waals surface area contributed by atoms with Crippen molar-refractivity contribution >= 4 is 0 Å². The van der Waals surface area contributed by atoms with Crippen LogP contribution in [0.15, 0.2) is 22.7 Å². The minimum atomic E-state index is -0.493. The molecule has 1 aliphatic heterocycles. The van der Waals surface area contributed by atoms with Crippen molar-refractivity contribution in [1.82, 2.24) is 15.0 Å². The largest absolute Gasteiger partial charge is 0.387 e. The number of aliphatic hydroxyl groups is 1. The summed E-state index contributed by atoms with van der Waals surface area (Å²) in [6.07, 6.45) is 1.61. The van der Waals surface area contributed by atoms with Crippen LogP contribution in [0.4, 0.5) is 0 Å². The summed E-state index contributed by atoms with van der Waals surface area (Å²) in [4.78, 5) is 6.60. The molecule has 5 heteroatoms. The van der Waals surface area contributed by atoms with Gasteiger partial charge in [0.05, 0.1) is 12.1 Å². The zero-order chi connectivity index (χ0) is 15.7. The van der Waals surface area contributed by atoms with E-state index in [0.717, 1.165) is 30.8 Å². The van der Waals surface area contributed by atoms with Crippen LogP contribution in [-0.2, 0) is 0 Å². The van der Waals surface area contributed by atoms with Crippen LogP contribution < -0.4 is 0 Å². The Labute approximate surface area is 131 Å². The number of rotatable bonds is 4. The monoisotopic (exact) mass is 301 g/mol. The Morgan fingerprint density at radius 2 is 2.14 bits per heavy atom. The predicted octanol–water partition coefficient (Wildman–Crippen LogP) is 2.87. The van der Waals surface area contributed by atoms with Crippen LogP contribution in [0.5, 0.6) is 0 Å². The Morgan fingerprint density at radius 3 is 2.82 bits per heavy atom. The highest BCUT2D eigenvalue weighted by Gasteiger charge is 2.31. The van der Waals surface area contributed by atoms with Gasteiger partial charge in [0.25, 0.3) is 0 Å². The maximum Gasteiger partial charge on any atom is 0.223 e. The fourth-order valence-corrected chi connectivity index (χ4v) is 3.09. The van der Waals surface area contributed by atoms with Gasteiger partial charge in [0.2, 0.25) is 5.89 Å². The lowest BCUT2D eigenvalue weighted by Gasteiger charge is -2.25. The average Bonchev–Trinajstić information content (AvgIpc) is 3.10. The first-order chi connectivity index (χ1) is 10.5. The molecule has 0 spiro atoms. The second-order valence-electron chi connectivity index (χ2n) is 6.18. The minimum Gasteiger partial charge on any atom is -0.387 e. The van der Waals surface area contributed by atoms with E-state index >= 15 is 0 Å². The van der Waals surface area contributed by atoms with Gasteiger partial charge in [0, 0.05) is 13.5 Å². The SMILES string of the molecule is Cc1nc([C@@H]2CCCN2C[C@H](O)c2ccc(C)c(C)c2)no1. The standard InChI is InChI=1S/C17H23N3O2/c1-11-6-7-14(9-12(11)2)16(21)10-20-8-4-5-15(20)17-18-13(3)22-19-17/h6-7,9,15-16,21H,4-5,8,10H2,1-3H3/t15-,16-/m0/s1. The topological polar surface area (TPSA) is 62.4 Å². The van der Waals surface area contributed by atoms with Crippen molar-refractivity contribution in [3.05, 3.63) is 46.6 Å². The van der Waals surface area contributed by atoms with E-state index < -0.39 is 6.10 Å². The maximum absolute atomic E-state index is 10.6. The van der Waals surface area contributed by atoms with Gasteiger partial charge in [0.1, 0.15) is 0 Å². The number of aryl methyl sites for hydroxylation is 3. The summed E-state index contributed by atoms with van der Waals surface area (Å²) in [7, 11) is 0. The number of aromatic nitrogens is 2. The molecular formula is C17H23N3O2. The van der Waals surface area contributed by atoms with Crippen molar-refractivity contribution in [1.29, 1.82) is 0 Å². The van der Waals surface area contributed by atoms with Gasteiger partial charge in [-0.25, -0.2) is 0 Å². The molecule has 1 N–H and O–H groups in total. The van der Waals surface area contributed by atoms with E-state index in [0.29, 0.717) is 12.4 Å². The molecule has 0 amide bonds. The van der Waals surface area contributed by atoms with Gasteiger partial charge in [-0.05, 0) is 49.9 Å². The Morgan fingerprint density at radius 1 is 1.32 bits per heavy atom. The molecule has 1 aliphatic rings. The van der Waals surface area contributed by atoms with Crippen LogP contribution in [0.2, 0.25) is 0 Å². The molecule has 5 nitrogen and oxygen atoms in total. The van der Waals surface area contributed by atoms with Gasteiger partial charge in [-0.3, -0.25) is 4.90 Å². The van der Waals surface area contributed by atoms with Gasteiger partial charge in [-0.1, -0.05) is 23.4 Å². The van der Waals surface area contributed by atoms with Gasteiger partial charge in [-0.15, -0.1) is 0 Å². The van der Waals surface area contributed by atoms with Gasteiger partial charge >= 0.3 is 0 Å². The lowest BCUT2D eigenvalue weighted by atomic mass is 10.0. The van der Waals surface area contributed by atoms with E-state index in [2.05, 4.69) is 41.0 Å². The molecule has 1 saturated heterocycles. The molecule has 1 aromatic heterocycles. The van der Waals surface area contributed by atoms with E-state index in [9.17, 15) is 5.11 Å². The van der Waals surface area contributed by atoms with E-state index in [4.69, 9.17) is 4.52 Å². The fourth-order valence-electron chi connectivity index (χ4n) is 3.09. The van der Waals surface area contributed by atoms with E-state index in [1.54, 1.807) is 6.92 Å². The summed E-state index contributed by atoms with van der Waals surface area (Å²) in [6, 6.07) is 6.30. The van der Waals surface area contributed by atoms with Crippen LogP contribution in [0.1, 0.15) is 53.4 Å². The van der Waals surface area contributed by atoms with E-state index in [1.807, 2.05) is 6.07 Å². The quantitative estimate of drug-likeness (QED) is 0.941. The zero-order valence-electron chi connectivity index (χ0n) is 13.4. The summed E-state index contributed by atoms with van der Waals surface area (Å²) >= 11 is 0. The molecule has 3 rings (SSSR count). The number of nitrogens with zero attached hydrogens (tertiary/aromatic N) is 3. The first kappa shape index (κ1) is 15.2. The number of likely N-dealkylation sites (tertiary alicyclic amines) is 1. The number of benzene rings is 1. The van der Waals surface area contributed by atoms with Crippen molar-refractivity contribution in [3.63, 3.8) is 0 Å². The van der Waals surface area contributed by atoms with Crippen LogP contribution in [-0.4, -0.2) is 33.2 Å². The molecule has 2 aromatic rings. The van der Waals surface area contributed by atoms with Crippen molar-refractivity contribution in [2.45, 2.75) is 45.8 Å². The summed E-state index contributed by atoms with van der Waals surface area (Å²) in [5.74, 6) is 1.33. The Bertz CT molecular complexity index is 653. The van der Waals surface area contributed by atoms with E-state index in [1.165, 1.54) is 11.1 Å². The van der Waals surface area contributed by atoms with Crippen molar-refractivity contribution in [2.24, 2.45) is 0 Å². The van der Waals surface area contributed by atoms with Crippen LogP contribution >= 0.6 is 0 Å². The van der Waals surface area contributed by atoms with Gasteiger partial charge in [0.15, 0.2) is 5.82 Å². The van der Waals surface area contributed by atoms with Crippen molar-refractivity contribution in [2.75, 3.05) is 13.1 Å². The smallest absolute Gasteiger partial charge is 0.223 e. The summed E-state index contributed by atoms with van der Waals surface area (Å²) in [6.45, 7) is 7.52. The number of β-amino-alcohol motifs (C(OH)–C–C–N with tert-alkyl or cyclic N) is 1. The summed E-state index contributed by atoms with van der Waals surface area (Å²) in [5, 5.41) is 14.6. The highest BCUT2D eigenvalue weighted by molar-refractivity contribution is 5.31. The normalized spacial score (nSPS) is 20.5. The number of hydrogen-bond donors (Lipinski definition) is 1. The first-order valence-corrected chi connectivity index (χ1v) is 7.84. The van der Waals surface area contributed by atoms with Crippen molar-refractivity contribution < 1.29 is 9.63 Å². The van der Waals surface area contributed by atoms with Gasteiger partial charge in [-0.2, -0.15) is 4.98 Å². The zero-order valence-corrected chi connectivity index (χ0v) is 13.4. The van der Waals surface area contributed by atoms with Gasteiger partial charge < -0.3 is 9.63 Å². The van der Waals surface area contributed by atoms with Crippen LogP contribution in [0.3, 0.4) is 0 Å². The fraction of sp³-hybridized carbons (Fsp3) is 0.529. The number of aliphatic hydroxyl groups excluding tert-OH is 1. The first-order valence-electron chi connectivity index (χ1n) is 7.84. The Kier molecular flexibility index (Phi) is 4.27. The molecule has 1 aromatic carbocycles. The number of hydrogen-bond acceptors (Lipinski definition) is 5. The second kappa shape index (κ2) is 6.18.